The van der Waals surface area contributed by atoms with Gasteiger partial charge in [0.15, 0.2) is 0 Å². The van der Waals surface area contributed by atoms with E-state index in [-0.39, 0.29) is 11.8 Å². The van der Waals surface area contributed by atoms with E-state index >= 15 is 0 Å². The molecule has 2 nitrogen and oxygen atoms in total. The van der Waals surface area contributed by atoms with Gasteiger partial charge in [-0.1, -0.05) is 37.6 Å². The van der Waals surface area contributed by atoms with Gasteiger partial charge in [0.05, 0.1) is 6.42 Å². The van der Waals surface area contributed by atoms with Gasteiger partial charge < -0.3 is 5.11 Å². The molecule has 0 bridgehead atoms. The van der Waals surface area contributed by atoms with Gasteiger partial charge in [0.25, 0.3) is 0 Å². The minimum absolute atomic E-state index is 0.0710. The van der Waals surface area contributed by atoms with Gasteiger partial charge in [-0.2, -0.15) is 0 Å². The average molecular weight is 218 g/mol. The Morgan fingerprint density at radius 3 is 2.56 bits per heavy atom. The van der Waals surface area contributed by atoms with E-state index in [1.165, 1.54) is 11.1 Å². The molecule has 1 aromatic carbocycles. The van der Waals surface area contributed by atoms with Gasteiger partial charge in [0.1, 0.15) is 0 Å². The predicted octanol–water partition coefficient (Wildman–Crippen LogP) is 3.15. The predicted molar refractivity (Wildman–Crippen MR) is 63.6 cm³/mol. The summed E-state index contributed by atoms with van der Waals surface area (Å²) in [5, 5.41) is 9.04. The molecule has 0 radical (unpaired) electrons. The zero-order chi connectivity index (χ0) is 11.6. The van der Waals surface area contributed by atoms with E-state index < -0.39 is 5.97 Å². The van der Waals surface area contributed by atoms with Crippen LogP contribution in [-0.4, -0.2) is 11.1 Å². The topological polar surface area (TPSA) is 37.3 Å². The average Bonchev–Trinajstić information content (AvgIpc) is 2.23. The van der Waals surface area contributed by atoms with E-state index in [4.69, 9.17) is 5.11 Å². The maximum atomic E-state index is 11.0. The summed E-state index contributed by atoms with van der Waals surface area (Å²) in [5.74, 6) is -0.675. The minimum atomic E-state index is -0.675. The van der Waals surface area contributed by atoms with Crippen LogP contribution in [0, 0.1) is 0 Å². The molecule has 0 heterocycles. The van der Waals surface area contributed by atoms with Crippen molar-refractivity contribution < 1.29 is 9.90 Å². The van der Waals surface area contributed by atoms with Crippen LogP contribution in [0.25, 0.3) is 0 Å². The molecule has 1 fully saturated rings. The van der Waals surface area contributed by atoms with Gasteiger partial charge >= 0.3 is 5.97 Å². The molecule has 1 aliphatic rings. The summed E-state index contributed by atoms with van der Waals surface area (Å²) in [6.07, 6.45) is 4.47. The number of carboxylic acids is 1. The van der Waals surface area contributed by atoms with Crippen molar-refractivity contribution in [2.45, 2.75) is 44.4 Å². The summed E-state index contributed by atoms with van der Waals surface area (Å²) >= 11 is 0. The molecule has 1 N–H and O–H groups in total. The van der Waals surface area contributed by atoms with Gasteiger partial charge in [-0.25, -0.2) is 0 Å². The van der Waals surface area contributed by atoms with Crippen LogP contribution in [0.2, 0.25) is 0 Å². The standard InChI is InChI=1S/C14H18O2/c1-2-11-6-3-4-7-12(11)14(8-5-9-14)10-13(15)16/h3-4,6-7H,2,5,8-10H2,1H3,(H,15,16). The lowest BCUT2D eigenvalue weighted by atomic mass is 9.61. The molecule has 0 spiro atoms. The van der Waals surface area contributed by atoms with E-state index in [0.717, 1.165) is 25.7 Å². The third-order valence-electron chi connectivity index (χ3n) is 3.77. The van der Waals surface area contributed by atoms with E-state index in [1.807, 2.05) is 12.1 Å². The minimum Gasteiger partial charge on any atom is -0.481 e. The zero-order valence-electron chi connectivity index (χ0n) is 9.70. The van der Waals surface area contributed by atoms with Crippen LogP contribution in [0.3, 0.4) is 0 Å². The van der Waals surface area contributed by atoms with Gasteiger partial charge in [-0.3, -0.25) is 4.79 Å². The largest absolute Gasteiger partial charge is 0.481 e. The molecule has 0 aliphatic heterocycles. The number of carboxylic acid groups (broad SMARTS) is 1. The fraction of sp³-hybridized carbons (Fsp3) is 0.500. The molecule has 0 amide bonds. The maximum absolute atomic E-state index is 11.0. The Labute approximate surface area is 96.3 Å². The normalized spacial score (nSPS) is 17.8. The third kappa shape index (κ3) is 1.84. The Morgan fingerprint density at radius 2 is 2.06 bits per heavy atom. The SMILES string of the molecule is CCc1ccccc1C1(CC(=O)O)CCC1. The molecule has 2 heteroatoms. The van der Waals surface area contributed by atoms with E-state index in [9.17, 15) is 4.79 Å². The first-order chi connectivity index (χ1) is 7.68. The molecule has 0 unspecified atom stereocenters. The van der Waals surface area contributed by atoms with Gasteiger partial charge in [0, 0.05) is 5.41 Å². The molecule has 86 valence electrons. The molecule has 2 rings (SSSR count). The number of rotatable bonds is 4. The highest BCUT2D eigenvalue weighted by atomic mass is 16.4. The second-order valence-electron chi connectivity index (χ2n) is 4.72. The Morgan fingerprint density at radius 1 is 1.38 bits per heavy atom. The van der Waals surface area contributed by atoms with Crippen LogP contribution in [0.15, 0.2) is 24.3 Å². The van der Waals surface area contributed by atoms with Gasteiger partial charge in [0.2, 0.25) is 0 Å². The zero-order valence-corrected chi connectivity index (χ0v) is 9.70. The van der Waals surface area contributed by atoms with E-state index in [2.05, 4.69) is 19.1 Å². The summed E-state index contributed by atoms with van der Waals surface area (Å²) < 4.78 is 0. The van der Waals surface area contributed by atoms with Crippen LogP contribution in [-0.2, 0) is 16.6 Å². The Bertz CT molecular complexity index is 391. The Hall–Kier alpha value is -1.31. The lowest BCUT2D eigenvalue weighted by Gasteiger charge is -2.42. The number of carbonyl (C=O) groups is 1. The molecule has 0 aromatic heterocycles. The van der Waals surface area contributed by atoms with Crippen molar-refractivity contribution in [2.24, 2.45) is 0 Å². The molecular weight excluding hydrogens is 200 g/mol. The number of aliphatic carboxylic acids is 1. The molecule has 0 saturated heterocycles. The summed E-state index contributed by atoms with van der Waals surface area (Å²) in [6, 6.07) is 8.30. The second kappa shape index (κ2) is 4.28. The summed E-state index contributed by atoms with van der Waals surface area (Å²) in [6.45, 7) is 2.13. The number of hydrogen-bond donors (Lipinski definition) is 1. The summed E-state index contributed by atoms with van der Waals surface area (Å²) in [7, 11) is 0. The monoisotopic (exact) mass is 218 g/mol. The molecule has 1 aromatic rings. The fourth-order valence-corrected chi connectivity index (χ4v) is 2.78. The first-order valence-electron chi connectivity index (χ1n) is 5.98. The van der Waals surface area contributed by atoms with Crippen LogP contribution in [0.5, 0.6) is 0 Å². The van der Waals surface area contributed by atoms with Crippen molar-refractivity contribution in [1.82, 2.24) is 0 Å². The fourth-order valence-electron chi connectivity index (χ4n) is 2.78. The Kier molecular flexibility index (Phi) is 2.99. The molecular formula is C14H18O2. The molecule has 16 heavy (non-hydrogen) atoms. The van der Waals surface area contributed by atoms with Crippen LogP contribution < -0.4 is 0 Å². The highest BCUT2D eigenvalue weighted by molar-refractivity contribution is 5.69. The van der Waals surface area contributed by atoms with Crippen molar-refractivity contribution >= 4 is 5.97 Å². The van der Waals surface area contributed by atoms with Gasteiger partial charge in [-0.15, -0.1) is 0 Å². The molecule has 0 atom stereocenters. The van der Waals surface area contributed by atoms with E-state index in [1.54, 1.807) is 0 Å². The first kappa shape index (κ1) is 11.2. The van der Waals surface area contributed by atoms with E-state index in [0.29, 0.717) is 0 Å². The third-order valence-corrected chi connectivity index (χ3v) is 3.77. The summed E-state index contributed by atoms with van der Waals surface area (Å²) in [4.78, 5) is 11.0. The lowest BCUT2D eigenvalue weighted by Crippen LogP contribution is -2.37. The highest BCUT2D eigenvalue weighted by Crippen LogP contribution is 2.47. The number of hydrogen-bond acceptors (Lipinski definition) is 1. The second-order valence-corrected chi connectivity index (χ2v) is 4.72. The number of aryl methyl sites for hydroxylation is 1. The Balaban J connectivity index is 2.36. The van der Waals surface area contributed by atoms with Gasteiger partial charge in [-0.05, 0) is 30.4 Å². The van der Waals surface area contributed by atoms with Crippen LogP contribution in [0.1, 0.15) is 43.7 Å². The molecule has 1 aliphatic carbocycles. The number of benzene rings is 1. The highest BCUT2D eigenvalue weighted by Gasteiger charge is 2.41. The van der Waals surface area contributed by atoms with Crippen molar-refractivity contribution in [3.8, 4) is 0 Å². The molecule has 1 saturated carbocycles. The quantitative estimate of drug-likeness (QED) is 0.843. The first-order valence-corrected chi connectivity index (χ1v) is 5.98. The van der Waals surface area contributed by atoms with Crippen molar-refractivity contribution in [2.75, 3.05) is 0 Å². The van der Waals surface area contributed by atoms with Crippen LogP contribution >= 0.6 is 0 Å². The summed E-state index contributed by atoms with van der Waals surface area (Å²) in [5.41, 5.74) is 2.51. The maximum Gasteiger partial charge on any atom is 0.304 e. The van der Waals surface area contributed by atoms with Crippen molar-refractivity contribution in [3.05, 3.63) is 35.4 Å². The van der Waals surface area contributed by atoms with Crippen molar-refractivity contribution in [3.63, 3.8) is 0 Å². The lowest BCUT2D eigenvalue weighted by molar-refractivity contribution is -0.139. The van der Waals surface area contributed by atoms with Crippen molar-refractivity contribution in [1.29, 1.82) is 0 Å². The smallest absolute Gasteiger partial charge is 0.304 e. The van der Waals surface area contributed by atoms with Crippen LogP contribution in [0.4, 0.5) is 0 Å².